The van der Waals surface area contributed by atoms with Gasteiger partial charge in [-0.25, -0.2) is 4.98 Å². The fourth-order valence-corrected chi connectivity index (χ4v) is 5.44. The Bertz CT molecular complexity index is 1480. The topological polar surface area (TPSA) is 38.9 Å². The number of hydrogen-bond donors (Lipinski definition) is 0. The number of fused-ring (bicyclic) bond motifs is 5. The van der Waals surface area contributed by atoms with Crippen LogP contribution in [-0.4, -0.2) is 9.97 Å². The van der Waals surface area contributed by atoms with Crippen molar-refractivity contribution in [3.8, 4) is 11.3 Å². The summed E-state index contributed by atoms with van der Waals surface area (Å²) in [6, 6.07) is 12.8. The van der Waals surface area contributed by atoms with Gasteiger partial charge in [0.1, 0.15) is 11.2 Å². The first-order valence-electron chi connectivity index (χ1n) is 11.2. The molecule has 5 aromatic rings. The largest absolute Gasteiger partial charge is 0.455 e. The van der Waals surface area contributed by atoms with Crippen LogP contribution in [0, 0.1) is 12.3 Å². The van der Waals surface area contributed by atoms with E-state index in [9.17, 15) is 0 Å². The van der Waals surface area contributed by atoms with Crippen molar-refractivity contribution in [1.82, 2.24) is 9.97 Å². The highest BCUT2D eigenvalue weighted by Gasteiger charge is 2.22. The fraction of sp³-hybridized carbons (Fsp3) is 0.357. The lowest BCUT2D eigenvalue weighted by Gasteiger charge is -2.20. The van der Waals surface area contributed by atoms with Crippen molar-refractivity contribution >= 4 is 43.5 Å². The summed E-state index contributed by atoms with van der Waals surface area (Å²) in [6.07, 6.45) is 3.01. The van der Waals surface area contributed by atoms with Crippen molar-refractivity contribution < 1.29 is 4.42 Å². The van der Waals surface area contributed by atoms with Gasteiger partial charge >= 0.3 is 0 Å². The number of aryl methyl sites for hydroxylation is 1. The van der Waals surface area contributed by atoms with Crippen LogP contribution in [0.25, 0.3) is 43.4 Å². The molecule has 0 N–H and O–H groups in total. The molecule has 0 amide bonds. The second kappa shape index (κ2) is 7.14. The molecule has 0 aliphatic rings. The minimum atomic E-state index is 0.0238. The maximum Gasteiger partial charge on any atom is 0.144 e. The van der Waals surface area contributed by atoms with E-state index in [1.54, 1.807) is 11.3 Å². The zero-order valence-corrected chi connectivity index (χ0v) is 20.8. The van der Waals surface area contributed by atoms with Crippen LogP contribution in [-0.2, 0) is 11.8 Å². The molecule has 0 saturated carbocycles. The molecule has 0 bridgehead atoms. The van der Waals surface area contributed by atoms with Crippen LogP contribution in [0.15, 0.2) is 47.0 Å². The molecule has 3 aromatic heterocycles. The van der Waals surface area contributed by atoms with Crippen LogP contribution in [0.1, 0.15) is 57.7 Å². The van der Waals surface area contributed by atoms with Crippen molar-refractivity contribution in [3.63, 3.8) is 0 Å². The van der Waals surface area contributed by atoms with Crippen molar-refractivity contribution in [2.75, 3.05) is 0 Å². The fourth-order valence-electron chi connectivity index (χ4n) is 4.26. The molecule has 0 radical (unpaired) electrons. The molecule has 4 heteroatoms. The lowest BCUT2D eigenvalue weighted by atomic mass is 9.86. The molecule has 164 valence electrons. The number of pyridine rings is 1. The summed E-state index contributed by atoms with van der Waals surface area (Å²) < 4.78 is 7.65. The third-order valence-corrected chi connectivity index (χ3v) is 7.38. The Morgan fingerprint density at radius 1 is 1.00 bits per heavy atom. The van der Waals surface area contributed by atoms with Gasteiger partial charge < -0.3 is 4.42 Å². The molecule has 0 saturated heterocycles. The zero-order chi connectivity index (χ0) is 22.8. The Morgan fingerprint density at radius 3 is 2.50 bits per heavy atom. The van der Waals surface area contributed by atoms with Crippen molar-refractivity contribution in [2.24, 2.45) is 5.41 Å². The van der Waals surface area contributed by atoms with E-state index < -0.39 is 0 Å². The summed E-state index contributed by atoms with van der Waals surface area (Å²) in [6.45, 7) is 15.6. The first kappa shape index (κ1) is 21.1. The van der Waals surface area contributed by atoms with Gasteiger partial charge in [-0.2, -0.15) is 0 Å². The second-order valence-corrected chi connectivity index (χ2v) is 12.1. The molecule has 0 aliphatic heterocycles. The SMILES string of the molecule is Cc1cnc(-c2cccc3c2oc2ccc4nc(C(C)(C)C)sc4c23)cc1CC(C)(C)C. The normalized spacial score (nSPS) is 13.0. The maximum absolute atomic E-state index is 6.45. The van der Waals surface area contributed by atoms with E-state index >= 15 is 0 Å². The lowest BCUT2D eigenvalue weighted by molar-refractivity contribution is 0.410. The van der Waals surface area contributed by atoms with Gasteiger partial charge in [0.2, 0.25) is 0 Å². The van der Waals surface area contributed by atoms with Gasteiger partial charge in [0.05, 0.1) is 20.9 Å². The third-order valence-electron chi connectivity index (χ3n) is 5.87. The maximum atomic E-state index is 6.45. The van der Waals surface area contributed by atoms with Crippen LogP contribution in [0.3, 0.4) is 0 Å². The van der Waals surface area contributed by atoms with Gasteiger partial charge in [0, 0.05) is 27.9 Å². The molecule has 3 nitrogen and oxygen atoms in total. The summed E-state index contributed by atoms with van der Waals surface area (Å²) in [5.74, 6) is 0. The summed E-state index contributed by atoms with van der Waals surface area (Å²) >= 11 is 1.78. The van der Waals surface area contributed by atoms with E-state index in [0.29, 0.717) is 0 Å². The Morgan fingerprint density at radius 2 is 1.78 bits per heavy atom. The smallest absolute Gasteiger partial charge is 0.144 e. The van der Waals surface area contributed by atoms with E-state index in [1.807, 2.05) is 6.20 Å². The number of benzene rings is 2. The number of rotatable bonds is 2. The van der Waals surface area contributed by atoms with E-state index in [4.69, 9.17) is 14.4 Å². The summed E-state index contributed by atoms with van der Waals surface area (Å²) in [4.78, 5) is 9.71. The molecule has 0 fully saturated rings. The van der Waals surface area contributed by atoms with Gasteiger partial charge in [-0.15, -0.1) is 11.3 Å². The number of para-hydroxylation sites is 1. The number of hydrogen-bond acceptors (Lipinski definition) is 4. The number of thiazole rings is 1. The quantitative estimate of drug-likeness (QED) is 0.275. The van der Waals surface area contributed by atoms with Gasteiger partial charge in [-0.05, 0) is 54.2 Å². The minimum absolute atomic E-state index is 0.0238. The molecular formula is C28H30N2OS. The van der Waals surface area contributed by atoms with Gasteiger partial charge in [0.25, 0.3) is 0 Å². The van der Waals surface area contributed by atoms with Crippen LogP contribution >= 0.6 is 11.3 Å². The first-order valence-corrected chi connectivity index (χ1v) is 12.0. The molecule has 32 heavy (non-hydrogen) atoms. The highest BCUT2D eigenvalue weighted by Crippen LogP contribution is 2.42. The van der Waals surface area contributed by atoms with Gasteiger partial charge in [-0.1, -0.05) is 53.7 Å². The van der Waals surface area contributed by atoms with Gasteiger partial charge in [0.15, 0.2) is 0 Å². The predicted molar refractivity (Wildman–Crippen MR) is 137 cm³/mol. The number of furan rings is 1. The Hall–Kier alpha value is -2.72. The molecule has 2 aromatic carbocycles. The Labute approximate surface area is 193 Å². The van der Waals surface area contributed by atoms with E-state index in [1.165, 1.54) is 15.8 Å². The predicted octanol–water partition coefficient (Wildman–Crippen LogP) is 8.45. The van der Waals surface area contributed by atoms with Crippen LogP contribution in [0.4, 0.5) is 0 Å². The first-order chi connectivity index (χ1) is 15.0. The average molecular weight is 443 g/mol. The number of nitrogens with zero attached hydrogens (tertiary/aromatic N) is 2. The average Bonchev–Trinajstić information content (AvgIpc) is 3.29. The third kappa shape index (κ3) is 3.61. The van der Waals surface area contributed by atoms with E-state index in [2.05, 4.69) is 84.9 Å². The van der Waals surface area contributed by atoms with Crippen LogP contribution in [0.2, 0.25) is 0 Å². The highest BCUT2D eigenvalue weighted by atomic mass is 32.1. The van der Waals surface area contributed by atoms with Crippen molar-refractivity contribution in [3.05, 3.63) is 58.7 Å². The minimum Gasteiger partial charge on any atom is -0.455 e. The van der Waals surface area contributed by atoms with Crippen molar-refractivity contribution in [1.29, 1.82) is 0 Å². The number of aromatic nitrogens is 2. The van der Waals surface area contributed by atoms with Gasteiger partial charge in [-0.3, -0.25) is 4.98 Å². The zero-order valence-electron chi connectivity index (χ0n) is 20.0. The van der Waals surface area contributed by atoms with Crippen LogP contribution in [0.5, 0.6) is 0 Å². The summed E-state index contributed by atoms with van der Waals surface area (Å²) in [5, 5.41) is 3.44. The van der Waals surface area contributed by atoms with Crippen molar-refractivity contribution in [2.45, 2.75) is 60.3 Å². The highest BCUT2D eigenvalue weighted by molar-refractivity contribution is 7.19. The monoisotopic (exact) mass is 442 g/mol. The van der Waals surface area contributed by atoms with Crippen LogP contribution < -0.4 is 0 Å². The molecule has 5 rings (SSSR count). The molecule has 0 spiro atoms. The lowest BCUT2D eigenvalue weighted by Crippen LogP contribution is -2.10. The Kier molecular flexibility index (Phi) is 4.72. The summed E-state index contributed by atoms with van der Waals surface area (Å²) in [7, 11) is 0. The molecular weight excluding hydrogens is 412 g/mol. The molecule has 3 heterocycles. The molecule has 0 unspecified atom stereocenters. The standard InChI is InChI=1S/C28H30N2OS/c1-16-15-29-21(13-17(16)14-27(2,3)4)18-9-8-10-19-23-22(31-24(18)19)12-11-20-25(23)32-26(30-20)28(5,6)7/h8-13,15H,14H2,1-7H3. The molecule has 0 aliphatic carbocycles. The molecule has 0 atom stereocenters. The summed E-state index contributed by atoms with van der Waals surface area (Å²) in [5.41, 5.74) is 7.69. The van der Waals surface area contributed by atoms with E-state index in [0.717, 1.165) is 50.1 Å². The van der Waals surface area contributed by atoms with E-state index in [-0.39, 0.29) is 10.8 Å². The second-order valence-electron chi connectivity index (χ2n) is 11.1. The Balaban J connectivity index is 1.74.